The third-order valence-corrected chi connectivity index (χ3v) is 8.70. The van der Waals surface area contributed by atoms with Crippen molar-refractivity contribution in [1.82, 2.24) is 4.40 Å². The molecule has 9 aromatic rings. The van der Waals surface area contributed by atoms with Crippen LogP contribution in [0, 0.1) is 0 Å². The summed E-state index contributed by atoms with van der Waals surface area (Å²) in [4.78, 5) is 2.41. The molecule has 9 rings (SSSR count). The van der Waals surface area contributed by atoms with Gasteiger partial charge in [0.25, 0.3) is 0 Å². The van der Waals surface area contributed by atoms with Gasteiger partial charge < -0.3 is 9.30 Å². The van der Waals surface area contributed by atoms with Gasteiger partial charge in [-0.1, -0.05) is 115 Å². The summed E-state index contributed by atoms with van der Waals surface area (Å²) >= 11 is 0. The van der Waals surface area contributed by atoms with Crippen LogP contribution in [-0.4, -0.2) is 4.40 Å². The molecule has 2 heteroatoms. The van der Waals surface area contributed by atoms with E-state index in [0.717, 1.165) is 11.4 Å². The first-order valence-electron chi connectivity index (χ1n) is 14.5. The number of benzene rings is 7. The molecule has 0 saturated heterocycles. The van der Waals surface area contributed by atoms with Gasteiger partial charge >= 0.3 is 0 Å². The van der Waals surface area contributed by atoms with Crippen LogP contribution in [0.25, 0.3) is 60.0 Å². The molecule has 42 heavy (non-hydrogen) atoms. The number of anilines is 3. The summed E-state index contributed by atoms with van der Waals surface area (Å²) in [5, 5.41) is 7.66. The fourth-order valence-electron chi connectivity index (χ4n) is 6.90. The Labute approximate surface area is 243 Å². The Morgan fingerprint density at radius 3 is 1.93 bits per heavy atom. The van der Waals surface area contributed by atoms with Crippen molar-refractivity contribution in [3.8, 4) is 11.1 Å². The Morgan fingerprint density at radius 2 is 1.02 bits per heavy atom. The van der Waals surface area contributed by atoms with Gasteiger partial charge in [-0.25, -0.2) is 0 Å². The molecule has 0 radical (unpaired) electrons. The molecule has 196 valence electrons. The van der Waals surface area contributed by atoms with Crippen molar-refractivity contribution in [2.75, 3.05) is 4.90 Å². The summed E-state index contributed by atoms with van der Waals surface area (Å²) in [5.74, 6) is 0. The van der Waals surface area contributed by atoms with Gasteiger partial charge in [0.2, 0.25) is 0 Å². The van der Waals surface area contributed by atoms with Crippen LogP contribution in [0.5, 0.6) is 0 Å². The molecule has 0 atom stereocenters. The van der Waals surface area contributed by atoms with Crippen molar-refractivity contribution in [2.24, 2.45) is 0 Å². The van der Waals surface area contributed by atoms with Crippen molar-refractivity contribution in [1.29, 1.82) is 0 Å². The fourth-order valence-corrected chi connectivity index (χ4v) is 6.90. The Kier molecular flexibility index (Phi) is 4.93. The van der Waals surface area contributed by atoms with E-state index in [1.54, 1.807) is 0 Å². The molecule has 2 nitrogen and oxygen atoms in total. The zero-order valence-electron chi connectivity index (χ0n) is 22.9. The van der Waals surface area contributed by atoms with Crippen molar-refractivity contribution in [3.05, 3.63) is 158 Å². The Hall–Kier alpha value is -5.60. The topological polar surface area (TPSA) is 7.65 Å². The molecule has 0 aliphatic rings. The van der Waals surface area contributed by atoms with Gasteiger partial charge in [0.15, 0.2) is 0 Å². The normalized spacial score (nSPS) is 11.8. The first kappa shape index (κ1) is 23.1. The minimum Gasteiger partial charge on any atom is -0.309 e. The molecule has 7 aromatic carbocycles. The van der Waals surface area contributed by atoms with Crippen molar-refractivity contribution >= 4 is 65.9 Å². The van der Waals surface area contributed by atoms with Gasteiger partial charge in [-0.3, -0.25) is 0 Å². The van der Waals surface area contributed by atoms with Gasteiger partial charge in [-0.2, -0.15) is 0 Å². The number of rotatable bonds is 4. The molecule has 0 amide bonds. The predicted molar refractivity (Wildman–Crippen MR) is 179 cm³/mol. The van der Waals surface area contributed by atoms with E-state index >= 15 is 0 Å². The summed E-state index contributed by atoms with van der Waals surface area (Å²) in [6.45, 7) is 0. The van der Waals surface area contributed by atoms with Gasteiger partial charge in [0.05, 0.1) is 27.9 Å². The van der Waals surface area contributed by atoms with Crippen LogP contribution in [0.15, 0.2) is 158 Å². The molecule has 0 aliphatic carbocycles. The van der Waals surface area contributed by atoms with E-state index < -0.39 is 0 Å². The Morgan fingerprint density at radius 1 is 0.405 bits per heavy atom. The lowest BCUT2D eigenvalue weighted by molar-refractivity contribution is 1.30. The van der Waals surface area contributed by atoms with Crippen LogP contribution in [-0.2, 0) is 0 Å². The van der Waals surface area contributed by atoms with E-state index in [1.165, 1.54) is 65.7 Å². The number of para-hydroxylation sites is 4. The highest BCUT2D eigenvalue weighted by Crippen LogP contribution is 2.45. The molecule has 0 unspecified atom stereocenters. The van der Waals surface area contributed by atoms with Gasteiger partial charge in [-0.05, 0) is 53.4 Å². The predicted octanol–water partition coefficient (Wildman–Crippen LogP) is 11.1. The minimum absolute atomic E-state index is 1.13. The number of aromatic nitrogens is 1. The van der Waals surface area contributed by atoms with Gasteiger partial charge in [-0.15, -0.1) is 0 Å². The molecule has 0 saturated carbocycles. The smallest absolute Gasteiger partial charge is 0.0620 e. The zero-order valence-corrected chi connectivity index (χ0v) is 22.9. The van der Waals surface area contributed by atoms with Crippen LogP contribution < -0.4 is 4.90 Å². The van der Waals surface area contributed by atoms with Crippen molar-refractivity contribution < 1.29 is 0 Å². The van der Waals surface area contributed by atoms with Crippen molar-refractivity contribution in [2.45, 2.75) is 0 Å². The van der Waals surface area contributed by atoms with E-state index in [2.05, 4.69) is 167 Å². The molecule has 0 spiro atoms. The van der Waals surface area contributed by atoms with Gasteiger partial charge in [0, 0.05) is 38.2 Å². The fraction of sp³-hybridized carbons (Fsp3) is 0. The molecular formula is C40H26N2. The second kappa shape index (κ2) is 8.95. The zero-order chi connectivity index (χ0) is 27.6. The summed E-state index contributed by atoms with van der Waals surface area (Å²) in [6.07, 6.45) is 0. The molecule has 2 heterocycles. The highest BCUT2D eigenvalue weighted by molar-refractivity contribution is 6.23. The maximum atomic E-state index is 2.44. The highest BCUT2D eigenvalue weighted by atomic mass is 15.1. The second-order valence-corrected chi connectivity index (χ2v) is 11.0. The van der Waals surface area contributed by atoms with Crippen LogP contribution in [0.2, 0.25) is 0 Å². The number of hydrogen-bond donors (Lipinski definition) is 0. The monoisotopic (exact) mass is 534 g/mol. The largest absolute Gasteiger partial charge is 0.309 e. The first-order valence-corrected chi connectivity index (χ1v) is 14.5. The lowest BCUT2D eigenvalue weighted by Gasteiger charge is -2.29. The van der Waals surface area contributed by atoms with Crippen LogP contribution in [0.4, 0.5) is 17.1 Å². The first-order chi connectivity index (χ1) is 20.9. The van der Waals surface area contributed by atoms with E-state index in [0.29, 0.717) is 0 Å². The van der Waals surface area contributed by atoms with E-state index in [-0.39, 0.29) is 0 Å². The minimum atomic E-state index is 1.13. The number of fused-ring (bicyclic) bond motifs is 7. The molecule has 0 aliphatic heterocycles. The molecule has 0 N–H and O–H groups in total. The van der Waals surface area contributed by atoms with Crippen LogP contribution in [0.3, 0.4) is 0 Å². The SMILES string of the molecule is c1ccc(N(c2ccccc2-c2ccc3c(c2)c2cccc4c5ccccc5n3c42)c2cccc3ccccc23)cc1. The van der Waals surface area contributed by atoms with E-state index in [1.807, 2.05) is 0 Å². The molecule has 0 fully saturated rings. The number of nitrogens with zero attached hydrogens (tertiary/aromatic N) is 2. The Balaban J connectivity index is 1.31. The molecular weight excluding hydrogens is 508 g/mol. The maximum absolute atomic E-state index is 2.44. The summed E-state index contributed by atoms with van der Waals surface area (Å²) in [7, 11) is 0. The maximum Gasteiger partial charge on any atom is 0.0620 e. The third kappa shape index (κ3) is 3.27. The van der Waals surface area contributed by atoms with Crippen LogP contribution >= 0.6 is 0 Å². The second-order valence-electron chi connectivity index (χ2n) is 11.0. The number of hydrogen-bond acceptors (Lipinski definition) is 1. The average molecular weight is 535 g/mol. The summed E-state index contributed by atoms with van der Waals surface area (Å²) < 4.78 is 2.44. The summed E-state index contributed by atoms with van der Waals surface area (Å²) in [6, 6.07) is 57.2. The lowest BCUT2D eigenvalue weighted by Crippen LogP contribution is -2.11. The van der Waals surface area contributed by atoms with E-state index in [9.17, 15) is 0 Å². The molecule has 2 aromatic heterocycles. The average Bonchev–Trinajstić information content (AvgIpc) is 3.58. The summed E-state index contributed by atoms with van der Waals surface area (Å²) in [5.41, 5.74) is 9.68. The lowest BCUT2D eigenvalue weighted by atomic mass is 9.98. The van der Waals surface area contributed by atoms with Crippen molar-refractivity contribution in [3.63, 3.8) is 0 Å². The Bertz CT molecular complexity index is 2410. The van der Waals surface area contributed by atoms with Gasteiger partial charge in [0.1, 0.15) is 0 Å². The van der Waals surface area contributed by atoms with Crippen LogP contribution in [0.1, 0.15) is 0 Å². The van der Waals surface area contributed by atoms with E-state index in [4.69, 9.17) is 0 Å². The highest BCUT2D eigenvalue weighted by Gasteiger charge is 2.21. The standard InChI is InChI=1S/C40H26N2/c1-2-14-29(15-3-1)41(37-23-10-13-27-12-4-5-16-30(27)37)36-21-8-6-17-31(36)28-24-25-39-35(26-28)34-20-11-19-33-32-18-7-9-22-38(32)42(39)40(33)34/h1-26H. The third-order valence-electron chi connectivity index (χ3n) is 8.70. The molecule has 0 bridgehead atoms. The quantitative estimate of drug-likeness (QED) is 0.218.